The number of furan rings is 1. The van der Waals surface area contributed by atoms with Crippen LogP contribution in [0.3, 0.4) is 0 Å². The second kappa shape index (κ2) is 5.66. The van der Waals surface area contributed by atoms with E-state index in [1.165, 1.54) is 4.68 Å². The van der Waals surface area contributed by atoms with Crippen LogP contribution in [0.4, 0.5) is 5.82 Å². The molecule has 0 aliphatic carbocycles. The monoisotopic (exact) mass is 358 g/mol. The van der Waals surface area contributed by atoms with Gasteiger partial charge in [-0.25, -0.2) is 0 Å². The van der Waals surface area contributed by atoms with Crippen molar-refractivity contribution in [3.63, 3.8) is 0 Å². The SMILES string of the molecule is Cc1c(C(=O)Nc2ccn(CC#N)n2)oc2ccc(Br)cc12. The molecule has 1 aromatic carbocycles. The van der Waals surface area contributed by atoms with Gasteiger partial charge in [-0.2, -0.15) is 10.4 Å². The molecule has 1 N–H and O–H groups in total. The van der Waals surface area contributed by atoms with E-state index in [0.29, 0.717) is 11.4 Å². The van der Waals surface area contributed by atoms with Crippen molar-refractivity contribution < 1.29 is 9.21 Å². The van der Waals surface area contributed by atoms with Gasteiger partial charge in [-0.15, -0.1) is 0 Å². The normalized spacial score (nSPS) is 10.6. The Kier molecular flexibility index (Phi) is 3.69. The molecule has 0 unspecified atom stereocenters. The Morgan fingerprint density at radius 2 is 2.32 bits per heavy atom. The lowest BCUT2D eigenvalue weighted by atomic mass is 10.1. The van der Waals surface area contributed by atoms with Crippen molar-refractivity contribution in [3.8, 4) is 6.07 Å². The quantitative estimate of drug-likeness (QED) is 0.776. The van der Waals surface area contributed by atoms with E-state index in [-0.39, 0.29) is 18.2 Å². The summed E-state index contributed by atoms with van der Waals surface area (Å²) in [7, 11) is 0. The number of fused-ring (bicyclic) bond motifs is 1. The molecule has 3 rings (SSSR count). The summed E-state index contributed by atoms with van der Waals surface area (Å²) in [6.45, 7) is 1.97. The number of benzene rings is 1. The first-order valence-corrected chi connectivity index (χ1v) is 7.28. The van der Waals surface area contributed by atoms with Crippen molar-refractivity contribution in [1.82, 2.24) is 9.78 Å². The van der Waals surface area contributed by atoms with Gasteiger partial charge in [-0.3, -0.25) is 9.48 Å². The molecule has 0 atom stereocenters. The molecule has 22 heavy (non-hydrogen) atoms. The number of hydrogen-bond acceptors (Lipinski definition) is 4. The van der Waals surface area contributed by atoms with Gasteiger partial charge in [0.05, 0.1) is 6.07 Å². The van der Waals surface area contributed by atoms with Gasteiger partial charge in [-0.1, -0.05) is 15.9 Å². The third-order valence-corrected chi connectivity index (χ3v) is 3.71. The third-order valence-electron chi connectivity index (χ3n) is 3.22. The second-order valence-electron chi connectivity index (χ2n) is 4.71. The zero-order valence-corrected chi connectivity index (χ0v) is 13.2. The summed E-state index contributed by atoms with van der Waals surface area (Å²) in [5.41, 5.74) is 1.42. The van der Waals surface area contributed by atoms with Gasteiger partial charge in [-0.05, 0) is 25.1 Å². The van der Waals surface area contributed by atoms with Gasteiger partial charge in [0.2, 0.25) is 0 Å². The molecule has 0 saturated heterocycles. The maximum absolute atomic E-state index is 12.3. The third kappa shape index (κ3) is 2.61. The number of hydrogen-bond donors (Lipinski definition) is 1. The number of halogens is 1. The number of nitriles is 1. The molecule has 3 aromatic rings. The van der Waals surface area contributed by atoms with Crippen LogP contribution in [-0.2, 0) is 6.54 Å². The van der Waals surface area contributed by atoms with Gasteiger partial charge in [0.15, 0.2) is 11.6 Å². The molecule has 2 heterocycles. The molecule has 0 bridgehead atoms. The minimum atomic E-state index is -0.368. The standard InChI is InChI=1S/C15H11BrN4O2/c1-9-11-8-10(16)2-3-12(11)22-14(9)15(21)18-13-4-6-20(19-13)7-5-17/h2-4,6,8H,7H2,1H3,(H,18,19,21). The summed E-state index contributed by atoms with van der Waals surface area (Å²) in [6.07, 6.45) is 1.63. The lowest BCUT2D eigenvalue weighted by molar-refractivity contribution is 0.0997. The molecule has 0 spiro atoms. The van der Waals surface area contributed by atoms with Crippen molar-refractivity contribution in [2.45, 2.75) is 13.5 Å². The van der Waals surface area contributed by atoms with Crippen molar-refractivity contribution in [2.75, 3.05) is 5.32 Å². The summed E-state index contributed by atoms with van der Waals surface area (Å²) in [5, 5.41) is 16.2. The van der Waals surface area contributed by atoms with E-state index < -0.39 is 0 Å². The van der Waals surface area contributed by atoms with Crippen molar-refractivity contribution in [1.29, 1.82) is 5.26 Å². The first kappa shape index (κ1) is 14.4. The number of nitrogens with one attached hydrogen (secondary N) is 1. The minimum Gasteiger partial charge on any atom is -0.451 e. The number of nitrogens with zero attached hydrogens (tertiary/aromatic N) is 3. The minimum absolute atomic E-state index is 0.133. The highest BCUT2D eigenvalue weighted by atomic mass is 79.9. The largest absolute Gasteiger partial charge is 0.451 e. The van der Waals surface area contributed by atoms with Crippen LogP contribution in [0.1, 0.15) is 16.1 Å². The Morgan fingerprint density at radius 1 is 1.50 bits per heavy atom. The molecular weight excluding hydrogens is 348 g/mol. The topological polar surface area (TPSA) is 83.9 Å². The van der Waals surface area contributed by atoms with E-state index in [0.717, 1.165) is 15.4 Å². The Bertz CT molecular complexity index is 904. The van der Waals surface area contributed by atoms with Crippen molar-refractivity contribution in [3.05, 3.63) is 46.3 Å². The first-order chi connectivity index (χ1) is 10.6. The van der Waals surface area contributed by atoms with Crippen LogP contribution in [0.25, 0.3) is 11.0 Å². The Hall–Kier alpha value is -2.59. The summed E-state index contributed by atoms with van der Waals surface area (Å²) in [6, 6.07) is 9.19. The van der Waals surface area contributed by atoms with E-state index >= 15 is 0 Å². The molecule has 110 valence electrons. The van der Waals surface area contributed by atoms with Crippen LogP contribution in [0.2, 0.25) is 0 Å². The lowest BCUT2D eigenvalue weighted by Crippen LogP contribution is -2.13. The first-order valence-electron chi connectivity index (χ1n) is 6.49. The average molecular weight is 359 g/mol. The van der Waals surface area contributed by atoms with E-state index in [4.69, 9.17) is 9.68 Å². The number of aryl methyl sites for hydroxylation is 1. The average Bonchev–Trinajstić information content (AvgIpc) is 3.05. The van der Waals surface area contributed by atoms with Gasteiger partial charge in [0.25, 0.3) is 5.91 Å². The predicted molar refractivity (Wildman–Crippen MR) is 84.4 cm³/mol. The van der Waals surface area contributed by atoms with Gasteiger partial charge < -0.3 is 9.73 Å². The second-order valence-corrected chi connectivity index (χ2v) is 5.62. The molecule has 2 aromatic heterocycles. The number of amides is 1. The number of carbonyl (C=O) groups excluding carboxylic acids is 1. The molecular formula is C15H11BrN4O2. The highest BCUT2D eigenvalue weighted by Gasteiger charge is 2.18. The zero-order valence-electron chi connectivity index (χ0n) is 11.6. The number of aromatic nitrogens is 2. The van der Waals surface area contributed by atoms with Crippen molar-refractivity contribution in [2.24, 2.45) is 0 Å². The van der Waals surface area contributed by atoms with Crippen LogP contribution in [0.5, 0.6) is 0 Å². The van der Waals surface area contributed by atoms with Crippen LogP contribution in [0.15, 0.2) is 39.4 Å². The van der Waals surface area contributed by atoms with Crippen LogP contribution >= 0.6 is 15.9 Å². The Morgan fingerprint density at radius 3 is 3.09 bits per heavy atom. The summed E-state index contributed by atoms with van der Waals surface area (Å²) in [5.74, 6) is 0.260. The Balaban J connectivity index is 1.88. The van der Waals surface area contributed by atoms with Crippen LogP contribution in [-0.4, -0.2) is 15.7 Å². The number of carbonyl (C=O) groups is 1. The van der Waals surface area contributed by atoms with E-state index in [1.54, 1.807) is 12.3 Å². The molecule has 1 amide bonds. The molecule has 0 saturated carbocycles. The highest BCUT2D eigenvalue weighted by Crippen LogP contribution is 2.28. The molecule has 6 nitrogen and oxygen atoms in total. The van der Waals surface area contributed by atoms with Gasteiger partial charge in [0, 0.05) is 27.7 Å². The molecule has 0 aliphatic heterocycles. The smallest absolute Gasteiger partial charge is 0.292 e. The highest BCUT2D eigenvalue weighted by molar-refractivity contribution is 9.10. The fourth-order valence-corrected chi connectivity index (χ4v) is 2.53. The summed E-state index contributed by atoms with van der Waals surface area (Å²) < 4.78 is 7.99. The van der Waals surface area contributed by atoms with Gasteiger partial charge >= 0.3 is 0 Å². The van der Waals surface area contributed by atoms with Gasteiger partial charge in [0.1, 0.15) is 12.1 Å². The fourth-order valence-electron chi connectivity index (χ4n) is 2.17. The fraction of sp³-hybridized carbons (Fsp3) is 0.133. The summed E-state index contributed by atoms with van der Waals surface area (Å²) in [4.78, 5) is 12.3. The molecule has 0 fully saturated rings. The number of rotatable bonds is 3. The zero-order chi connectivity index (χ0) is 15.7. The maximum atomic E-state index is 12.3. The maximum Gasteiger partial charge on any atom is 0.292 e. The van der Waals surface area contributed by atoms with Crippen LogP contribution in [0, 0.1) is 18.3 Å². The predicted octanol–water partition coefficient (Wildman–Crippen LogP) is 3.48. The molecule has 0 radical (unpaired) electrons. The molecule has 7 heteroatoms. The van der Waals surface area contributed by atoms with E-state index in [9.17, 15) is 4.79 Å². The molecule has 0 aliphatic rings. The van der Waals surface area contributed by atoms with Crippen molar-refractivity contribution >= 4 is 38.6 Å². The van der Waals surface area contributed by atoms with E-state index in [2.05, 4.69) is 26.3 Å². The summed E-state index contributed by atoms with van der Waals surface area (Å²) >= 11 is 3.40. The number of anilines is 1. The van der Waals surface area contributed by atoms with Crippen LogP contribution < -0.4 is 5.32 Å². The van der Waals surface area contributed by atoms with E-state index in [1.807, 2.05) is 31.2 Å². The lowest BCUT2D eigenvalue weighted by Gasteiger charge is -1.99. The Labute approximate surface area is 134 Å².